The van der Waals surface area contributed by atoms with Gasteiger partial charge in [-0.2, -0.15) is 13.2 Å². The fourth-order valence-electron chi connectivity index (χ4n) is 3.21. The molecule has 2 N–H and O–H groups in total. The number of hydrogen-bond donors (Lipinski definition) is 2. The van der Waals surface area contributed by atoms with E-state index in [0.717, 1.165) is 31.0 Å². The molecule has 2 aliphatic rings. The van der Waals surface area contributed by atoms with Gasteiger partial charge < -0.3 is 10.6 Å². The maximum atomic E-state index is 12.9. The van der Waals surface area contributed by atoms with Crippen molar-refractivity contribution in [3.63, 3.8) is 0 Å². The lowest BCUT2D eigenvalue weighted by molar-refractivity contribution is -0.137. The Morgan fingerprint density at radius 3 is 2.45 bits per heavy atom. The zero-order valence-corrected chi connectivity index (χ0v) is 16.8. The maximum Gasteiger partial charge on any atom is 0.416 e. The Hall–Kier alpha value is -1.84. The highest BCUT2D eigenvalue weighted by Crippen LogP contribution is 2.34. The molecule has 1 heterocycles. The van der Waals surface area contributed by atoms with Crippen molar-refractivity contribution in [1.82, 2.24) is 15.1 Å². The Bertz CT molecular complexity index is 762. The van der Waals surface area contributed by atoms with Gasteiger partial charge in [0.15, 0.2) is 0 Å². The van der Waals surface area contributed by atoms with Crippen molar-refractivity contribution >= 4 is 29.1 Å². The highest BCUT2D eigenvalue weighted by molar-refractivity contribution is 6.33. The van der Waals surface area contributed by atoms with Crippen LogP contribution < -0.4 is 10.6 Å². The number of nitrogens with zero attached hydrogens (tertiary/aromatic N) is 2. The summed E-state index contributed by atoms with van der Waals surface area (Å²) in [6.45, 7) is 4.49. The Kier molecular flexibility index (Phi) is 6.70. The standard InChI is InChI=1S/C19H24ClF3N4O2/c1-12(18(29)25-16-10-13(19(21,22)23)2-5-15(16)20)27-8-6-26(7-9-27)11-17(28)24-14-3-4-14/h2,5,10,12,14H,3-4,6-9,11H2,1H3,(H,24,28)(H,25,29)/t12-/m1/s1. The van der Waals surface area contributed by atoms with Gasteiger partial charge in [0.1, 0.15) is 0 Å². The molecule has 2 fully saturated rings. The van der Waals surface area contributed by atoms with Crippen LogP contribution in [0.4, 0.5) is 18.9 Å². The lowest BCUT2D eigenvalue weighted by Crippen LogP contribution is -2.54. The van der Waals surface area contributed by atoms with Crippen molar-refractivity contribution in [2.24, 2.45) is 0 Å². The van der Waals surface area contributed by atoms with E-state index in [1.807, 2.05) is 9.80 Å². The third kappa shape index (κ3) is 6.07. The molecule has 1 aliphatic heterocycles. The van der Waals surface area contributed by atoms with Gasteiger partial charge in [0.25, 0.3) is 0 Å². The Labute approximate surface area is 172 Å². The molecule has 2 amide bonds. The summed E-state index contributed by atoms with van der Waals surface area (Å²) >= 11 is 5.95. The van der Waals surface area contributed by atoms with Crippen LogP contribution in [0, 0.1) is 0 Å². The quantitative estimate of drug-likeness (QED) is 0.725. The molecule has 1 saturated carbocycles. The maximum absolute atomic E-state index is 12.9. The van der Waals surface area contributed by atoms with Crippen LogP contribution in [0.25, 0.3) is 0 Å². The van der Waals surface area contributed by atoms with Gasteiger partial charge in [-0.1, -0.05) is 11.6 Å². The normalized spacial score (nSPS) is 19.6. The van der Waals surface area contributed by atoms with E-state index in [1.54, 1.807) is 6.92 Å². The molecule has 10 heteroatoms. The first-order valence-corrected chi connectivity index (χ1v) is 9.94. The SMILES string of the molecule is C[C@H](C(=O)Nc1cc(C(F)(F)F)ccc1Cl)N1CCN(CC(=O)NC2CC2)CC1. The molecule has 0 spiro atoms. The van der Waals surface area contributed by atoms with Crippen LogP contribution in [-0.4, -0.2) is 66.4 Å². The number of alkyl halides is 3. The van der Waals surface area contributed by atoms with Gasteiger partial charge >= 0.3 is 6.18 Å². The minimum absolute atomic E-state index is 0.0194. The van der Waals surface area contributed by atoms with Crippen LogP contribution in [0.3, 0.4) is 0 Å². The van der Waals surface area contributed by atoms with E-state index >= 15 is 0 Å². The predicted octanol–water partition coefficient (Wildman–Crippen LogP) is 2.58. The van der Waals surface area contributed by atoms with Crippen molar-refractivity contribution in [2.75, 3.05) is 38.0 Å². The monoisotopic (exact) mass is 432 g/mol. The number of benzene rings is 1. The molecule has 6 nitrogen and oxygen atoms in total. The van der Waals surface area contributed by atoms with E-state index < -0.39 is 23.7 Å². The van der Waals surface area contributed by atoms with Crippen LogP contribution in [0.1, 0.15) is 25.3 Å². The molecule has 0 unspecified atom stereocenters. The fourth-order valence-corrected chi connectivity index (χ4v) is 3.38. The largest absolute Gasteiger partial charge is 0.416 e. The van der Waals surface area contributed by atoms with E-state index in [1.165, 1.54) is 0 Å². The van der Waals surface area contributed by atoms with Gasteiger partial charge in [0.2, 0.25) is 11.8 Å². The first-order chi connectivity index (χ1) is 13.6. The van der Waals surface area contributed by atoms with Gasteiger partial charge in [-0.3, -0.25) is 19.4 Å². The van der Waals surface area contributed by atoms with Crippen molar-refractivity contribution in [2.45, 2.75) is 38.0 Å². The highest BCUT2D eigenvalue weighted by Gasteiger charge is 2.32. The highest BCUT2D eigenvalue weighted by atomic mass is 35.5. The Morgan fingerprint density at radius 1 is 1.21 bits per heavy atom. The minimum atomic E-state index is -4.52. The summed E-state index contributed by atoms with van der Waals surface area (Å²) in [4.78, 5) is 28.4. The molecule has 0 radical (unpaired) electrons. The lowest BCUT2D eigenvalue weighted by atomic mass is 10.1. The van der Waals surface area contributed by atoms with E-state index in [9.17, 15) is 22.8 Å². The summed E-state index contributed by atoms with van der Waals surface area (Å²) in [5.41, 5.74) is -0.934. The third-order valence-electron chi connectivity index (χ3n) is 5.20. The second-order valence-electron chi connectivity index (χ2n) is 7.51. The van der Waals surface area contributed by atoms with Gasteiger partial charge in [-0.05, 0) is 38.0 Å². The molecule has 1 aromatic rings. The van der Waals surface area contributed by atoms with E-state index in [0.29, 0.717) is 38.8 Å². The molecule has 0 bridgehead atoms. The molecule has 1 atom stereocenters. The van der Waals surface area contributed by atoms with Crippen molar-refractivity contribution < 1.29 is 22.8 Å². The number of nitrogens with one attached hydrogen (secondary N) is 2. The summed E-state index contributed by atoms with van der Waals surface area (Å²) < 4.78 is 38.7. The number of anilines is 1. The zero-order chi connectivity index (χ0) is 21.2. The number of carbonyl (C=O) groups is 2. The van der Waals surface area contributed by atoms with Crippen molar-refractivity contribution in [1.29, 1.82) is 0 Å². The summed E-state index contributed by atoms with van der Waals surface area (Å²) in [6.07, 6.45) is -2.43. The average molecular weight is 433 g/mol. The number of hydrogen-bond acceptors (Lipinski definition) is 4. The van der Waals surface area contributed by atoms with Gasteiger partial charge in [-0.25, -0.2) is 0 Å². The van der Waals surface area contributed by atoms with E-state index in [2.05, 4.69) is 10.6 Å². The lowest BCUT2D eigenvalue weighted by Gasteiger charge is -2.37. The number of piperazine rings is 1. The second kappa shape index (κ2) is 8.89. The topological polar surface area (TPSA) is 64.7 Å². The smallest absolute Gasteiger partial charge is 0.352 e. The molecule has 29 heavy (non-hydrogen) atoms. The van der Waals surface area contributed by atoms with Gasteiger partial charge in [-0.15, -0.1) is 0 Å². The molecule has 1 aliphatic carbocycles. The number of halogens is 4. The number of rotatable bonds is 6. The average Bonchev–Trinajstić information content (AvgIpc) is 3.46. The first kappa shape index (κ1) is 21.9. The Balaban J connectivity index is 1.51. The summed E-state index contributed by atoms with van der Waals surface area (Å²) in [5, 5.41) is 5.50. The van der Waals surface area contributed by atoms with E-state index in [4.69, 9.17) is 11.6 Å². The van der Waals surface area contributed by atoms with Crippen LogP contribution in [0.2, 0.25) is 5.02 Å². The fraction of sp³-hybridized carbons (Fsp3) is 0.579. The summed E-state index contributed by atoms with van der Waals surface area (Å²) in [5.74, 6) is -0.405. The molecule has 3 rings (SSSR count). The van der Waals surface area contributed by atoms with Crippen molar-refractivity contribution in [3.05, 3.63) is 28.8 Å². The van der Waals surface area contributed by atoms with Crippen LogP contribution in [0.15, 0.2) is 18.2 Å². The molecule has 160 valence electrons. The zero-order valence-electron chi connectivity index (χ0n) is 16.1. The molecular weight excluding hydrogens is 409 g/mol. The molecule has 0 aromatic heterocycles. The predicted molar refractivity (Wildman–Crippen MR) is 104 cm³/mol. The molecule has 1 aromatic carbocycles. The van der Waals surface area contributed by atoms with Gasteiger partial charge in [0.05, 0.1) is 28.9 Å². The second-order valence-corrected chi connectivity index (χ2v) is 7.92. The summed E-state index contributed by atoms with van der Waals surface area (Å²) in [7, 11) is 0. The van der Waals surface area contributed by atoms with E-state index in [-0.39, 0.29) is 16.6 Å². The Morgan fingerprint density at radius 2 is 1.86 bits per heavy atom. The molecular formula is C19H24ClF3N4O2. The first-order valence-electron chi connectivity index (χ1n) is 9.57. The van der Waals surface area contributed by atoms with Crippen LogP contribution in [0.5, 0.6) is 0 Å². The van der Waals surface area contributed by atoms with Crippen molar-refractivity contribution in [3.8, 4) is 0 Å². The van der Waals surface area contributed by atoms with Crippen LogP contribution >= 0.6 is 11.6 Å². The van der Waals surface area contributed by atoms with Crippen LogP contribution in [-0.2, 0) is 15.8 Å². The number of carbonyl (C=O) groups excluding carboxylic acids is 2. The number of amides is 2. The minimum Gasteiger partial charge on any atom is -0.352 e. The molecule has 1 saturated heterocycles. The van der Waals surface area contributed by atoms with Gasteiger partial charge in [0, 0.05) is 32.2 Å². The third-order valence-corrected chi connectivity index (χ3v) is 5.52. The summed E-state index contributed by atoms with van der Waals surface area (Å²) in [6, 6.07) is 2.62.